The van der Waals surface area contributed by atoms with Crippen LogP contribution in [0, 0.1) is 13.3 Å². The Morgan fingerprint density at radius 3 is 2.70 bits per heavy atom. The summed E-state index contributed by atoms with van der Waals surface area (Å²) in [5.74, 6) is -0.738. The number of Topliss-reactive ketones (excluding diaryl/α,β-unsaturated/α-hetero) is 1. The molecule has 2 aromatic rings. The molecule has 12 nitrogen and oxygen atoms in total. The molecule has 47 heavy (non-hydrogen) atoms. The first-order valence-electron chi connectivity index (χ1n) is 15.1. The van der Waals surface area contributed by atoms with E-state index in [0.29, 0.717) is 22.3 Å². The molecule has 0 amide bonds. The van der Waals surface area contributed by atoms with Gasteiger partial charge in [0.25, 0.3) is 0 Å². The van der Waals surface area contributed by atoms with E-state index in [1.807, 2.05) is 24.6 Å². The van der Waals surface area contributed by atoms with Crippen molar-refractivity contribution >= 4 is 29.0 Å². The fourth-order valence-corrected chi connectivity index (χ4v) is 5.86. The Labute approximate surface area is 270 Å². The molecule has 5 atom stereocenters. The summed E-state index contributed by atoms with van der Waals surface area (Å²) in [6.45, 7) is 1.68. The van der Waals surface area contributed by atoms with Gasteiger partial charge in [-0.15, -0.1) is 5.76 Å². The monoisotopic (exact) mass is 642 g/mol. The van der Waals surface area contributed by atoms with Crippen molar-refractivity contribution in [1.29, 1.82) is 0 Å². The molecule has 1 aliphatic carbocycles. The number of aliphatic imine (C=N–C) groups is 2. The normalized spacial score (nSPS) is 25.6. The number of aliphatic hydroxyl groups is 3. The quantitative estimate of drug-likeness (QED) is 0.161. The molecule has 1 fully saturated rings. The summed E-state index contributed by atoms with van der Waals surface area (Å²) in [6, 6.07) is 4.77. The van der Waals surface area contributed by atoms with Crippen LogP contribution in [-0.2, 0) is 9.47 Å². The summed E-state index contributed by atoms with van der Waals surface area (Å²) in [6.07, 6.45) is 6.15. The van der Waals surface area contributed by atoms with Gasteiger partial charge in [0, 0.05) is 49.6 Å². The number of aryl methyl sites for hydroxylation is 1. The molecular weight excluding hydrogens is 608 g/mol. The molecule has 0 unspecified atom stereocenters. The van der Waals surface area contributed by atoms with Gasteiger partial charge in [0.1, 0.15) is 53.8 Å². The summed E-state index contributed by atoms with van der Waals surface area (Å²) in [7, 11) is 1.44. The zero-order valence-corrected chi connectivity index (χ0v) is 25.7. The Hall–Kier alpha value is -4.72. The number of methoxy groups -OCH3 is 1. The van der Waals surface area contributed by atoms with Crippen LogP contribution in [0.25, 0.3) is 10.8 Å². The lowest BCUT2D eigenvalue weighted by Gasteiger charge is -2.40. The third-order valence-electron chi connectivity index (χ3n) is 8.38. The van der Waals surface area contributed by atoms with E-state index in [4.69, 9.17) is 18.9 Å². The second-order valence-corrected chi connectivity index (χ2v) is 11.5. The van der Waals surface area contributed by atoms with Crippen molar-refractivity contribution in [2.24, 2.45) is 9.98 Å². The Morgan fingerprint density at radius 1 is 1.11 bits per heavy atom. The number of ether oxygens (including phenoxy) is 4. The molecule has 3 aliphatic heterocycles. The van der Waals surface area contributed by atoms with Crippen LogP contribution in [0.4, 0.5) is 0 Å². The van der Waals surface area contributed by atoms with Gasteiger partial charge < -0.3 is 44.5 Å². The number of allylic oxidation sites excluding steroid dienone is 7. The maximum Gasteiger partial charge on any atom is 0.229 e. The van der Waals surface area contributed by atoms with Gasteiger partial charge in [0.2, 0.25) is 6.29 Å². The van der Waals surface area contributed by atoms with E-state index < -0.39 is 36.5 Å². The number of benzene rings is 2. The highest BCUT2D eigenvalue weighted by molar-refractivity contribution is 6.08. The third kappa shape index (κ3) is 6.46. The van der Waals surface area contributed by atoms with Crippen LogP contribution < -0.4 is 14.6 Å². The van der Waals surface area contributed by atoms with Crippen LogP contribution >= 0.6 is 0 Å². The number of aliphatic hydroxyl groups excluding tert-OH is 3. The van der Waals surface area contributed by atoms with E-state index in [9.17, 15) is 30.3 Å². The third-order valence-corrected chi connectivity index (χ3v) is 8.38. The number of hydrogen-bond acceptors (Lipinski definition) is 12. The van der Waals surface area contributed by atoms with Gasteiger partial charge >= 0.3 is 0 Å². The van der Waals surface area contributed by atoms with Crippen molar-refractivity contribution in [3.63, 3.8) is 0 Å². The minimum atomic E-state index is -1.68. The summed E-state index contributed by atoms with van der Waals surface area (Å²) in [5, 5.41) is 56.8. The van der Waals surface area contributed by atoms with Crippen molar-refractivity contribution < 1.29 is 49.3 Å². The lowest BCUT2D eigenvalue weighted by Crippen LogP contribution is -2.60. The van der Waals surface area contributed by atoms with Gasteiger partial charge in [-0.3, -0.25) is 9.79 Å². The number of carbonyl (C=O) groups excluding carboxylic acids is 1. The van der Waals surface area contributed by atoms with Crippen LogP contribution in [0.15, 0.2) is 86.9 Å². The molecule has 0 aromatic heterocycles. The molecular formula is C35H34N2O10. The molecule has 0 radical (unpaired) electrons. The summed E-state index contributed by atoms with van der Waals surface area (Å²) in [5.41, 5.74) is 3.48. The first-order chi connectivity index (χ1) is 22.7. The smallest absolute Gasteiger partial charge is 0.229 e. The standard InChI is InChI=1S/C35H34N2O10/c1-18-11-20-12-22(44-2)13-27(30(20)32(41)29(18)26(39)8-7-25(38)19-9-10-36-14-19)46-35-34(43)33(42)31(40)28(47-35)17-45-16-21-15-37-24-6-4-3-5-23(21)24/h3-6,9-15,28,31,33-35,40,42-43H,7-8,16-17H2,1-2H3,(H-,36,38,39,41)/t28-,31-,33+,34-,35+/m1/s1. The zero-order valence-electron chi connectivity index (χ0n) is 25.7. The number of aromatic hydroxyl groups is 1. The second kappa shape index (κ2) is 13.6. The van der Waals surface area contributed by atoms with Crippen LogP contribution in [0.2, 0.25) is 0 Å². The van der Waals surface area contributed by atoms with Crippen molar-refractivity contribution in [1.82, 2.24) is 0 Å². The van der Waals surface area contributed by atoms with Crippen molar-refractivity contribution in [3.05, 3.63) is 94.4 Å². The van der Waals surface area contributed by atoms with E-state index in [-0.39, 0.29) is 54.3 Å². The number of phenolic OH excluding ortho intramolecular Hbond substituents is 1. The fraction of sp³-hybridized carbons (Fsp3) is 0.314. The fourth-order valence-electron chi connectivity index (χ4n) is 5.86. The molecule has 4 N–H and O–H groups in total. The van der Waals surface area contributed by atoms with Crippen LogP contribution in [0.5, 0.6) is 17.2 Å². The van der Waals surface area contributed by atoms with E-state index in [2.05, 4.69) is 9.98 Å². The number of fused-ring (bicyclic) bond motifs is 2. The average molecular weight is 643 g/mol. The molecule has 0 bridgehead atoms. The molecule has 3 heterocycles. The Kier molecular flexibility index (Phi) is 9.30. The van der Waals surface area contributed by atoms with E-state index in [1.54, 1.807) is 31.3 Å². The van der Waals surface area contributed by atoms with Crippen LogP contribution in [0.3, 0.4) is 0 Å². The van der Waals surface area contributed by atoms with Crippen molar-refractivity contribution in [3.8, 4) is 17.2 Å². The van der Waals surface area contributed by atoms with Gasteiger partial charge in [-0.2, -0.15) is 4.99 Å². The van der Waals surface area contributed by atoms with Gasteiger partial charge in [-0.25, -0.2) is 0 Å². The first-order valence-corrected chi connectivity index (χ1v) is 15.1. The van der Waals surface area contributed by atoms with E-state index >= 15 is 0 Å². The SMILES string of the molecule is COc1cc(O[C@H]2O[C@H](COCC3=C4[CH+]C=CC=C4N=C3)[C@@H](O)[C@H](O)[C@H]2O)c2c(O)c(C(=O)CCC([O-])=C3C=CN=C3)c(C)cc2c1. The number of hydrogen-bond donors (Lipinski definition) is 4. The van der Waals surface area contributed by atoms with E-state index in [1.165, 1.54) is 25.6 Å². The molecule has 0 spiro atoms. The van der Waals surface area contributed by atoms with Crippen LogP contribution in [-0.4, -0.2) is 89.7 Å². The molecule has 12 heteroatoms. The Bertz CT molecular complexity index is 1790. The number of nitrogens with zero attached hydrogens (tertiary/aromatic N) is 2. The number of ketones is 1. The maximum atomic E-state index is 13.3. The van der Waals surface area contributed by atoms with E-state index in [0.717, 1.165) is 16.8 Å². The Balaban J connectivity index is 1.23. The second-order valence-electron chi connectivity index (χ2n) is 11.5. The van der Waals surface area contributed by atoms with Crippen molar-refractivity contribution in [2.75, 3.05) is 20.3 Å². The van der Waals surface area contributed by atoms with Gasteiger partial charge in [-0.1, -0.05) is 6.07 Å². The highest BCUT2D eigenvalue weighted by Crippen LogP contribution is 2.42. The minimum Gasteiger partial charge on any atom is -0.875 e. The molecule has 6 rings (SSSR count). The van der Waals surface area contributed by atoms with Gasteiger partial charge in [0.05, 0.1) is 36.5 Å². The lowest BCUT2D eigenvalue weighted by atomic mass is 9.94. The number of phenols is 1. The largest absolute Gasteiger partial charge is 0.875 e. The van der Waals surface area contributed by atoms with Gasteiger partial charge in [0.15, 0.2) is 11.5 Å². The zero-order chi connectivity index (χ0) is 33.2. The maximum absolute atomic E-state index is 13.3. The average Bonchev–Trinajstić information content (AvgIpc) is 3.75. The number of carbonyl (C=O) groups is 1. The summed E-state index contributed by atoms with van der Waals surface area (Å²) in [4.78, 5) is 21.6. The molecule has 4 aliphatic rings. The molecule has 244 valence electrons. The molecule has 2 aromatic carbocycles. The summed E-state index contributed by atoms with van der Waals surface area (Å²) < 4.78 is 23.2. The highest BCUT2D eigenvalue weighted by Gasteiger charge is 2.45. The topological polar surface area (TPSA) is 183 Å². The highest BCUT2D eigenvalue weighted by atomic mass is 16.7. The molecule has 0 saturated carbocycles. The number of rotatable bonds is 11. The lowest BCUT2D eigenvalue weighted by molar-refractivity contribution is -0.307. The predicted molar refractivity (Wildman–Crippen MR) is 170 cm³/mol. The van der Waals surface area contributed by atoms with Crippen molar-refractivity contribution in [2.45, 2.75) is 50.5 Å². The minimum absolute atomic E-state index is 0.00789. The van der Waals surface area contributed by atoms with Crippen LogP contribution in [0.1, 0.15) is 28.8 Å². The van der Waals surface area contributed by atoms with Gasteiger partial charge in [-0.05, 0) is 42.0 Å². The Morgan fingerprint density at radius 2 is 1.94 bits per heavy atom. The predicted octanol–water partition coefficient (Wildman–Crippen LogP) is 2.28. The molecule has 1 saturated heterocycles. The summed E-state index contributed by atoms with van der Waals surface area (Å²) >= 11 is 0. The first kappa shape index (κ1) is 32.2.